The van der Waals surface area contributed by atoms with Crippen LogP contribution >= 0.6 is 0 Å². The molecule has 3 atom stereocenters. The molecule has 112 valence electrons. The number of nitrogens with one attached hydrogen (secondary N) is 1. The maximum absolute atomic E-state index is 11.9. The first-order chi connectivity index (χ1) is 9.04. The van der Waals surface area contributed by atoms with Gasteiger partial charge in [0.25, 0.3) is 0 Å². The largest absolute Gasteiger partial charge is 0.465 e. The molecule has 1 rings (SSSR count). The molecule has 0 bridgehead atoms. The summed E-state index contributed by atoms with van der Waals surface area (Å²) in [6.07, 6.45) is 5.16. The highest BCUT2D eigenvalue weighted by atomic mass is 16.5. The van der Waals surface area contributed by atoms with Crippen LogP contribution in [0.1, 0.15) is 53.4 Å². The summed E-state index contributed by atoms with van der Waals surface area (Å²) in [5.74, 6) is 0.385. The van der Waals surface area contributed by atoms with Crippen molar-refractivity contribution in [2.45, 2.75) is 71.6 Å². The van der Waals surface area contributed by atoms with Gasteiger partial charge >= 0.3 is 5.97 Å². The van der Waals surface area contributed by atoms with Crippen molar-refractivity contribution in [1.82, 2.24) is 5.32 Å². The summed E-state index contributed by atoms with van der Waals surface area (Å²) in [4.78, 5) is 11.9. The fourth-order valence-electron chi connectivity index (χ4n) is 2.58. The maximum Gasteiger partial charge on any atom is 0.325 e. The molecule has 0 radical (unpaired) electrons. The molecule has 1 N–H and O–H groups in total. The molecule has 3 unspecified atom stereocenters. The molecule has 0 aliphatic heterocycles. The molecule has 0 heterocycles. The Labute approximate surface area is 117 Å². The van der Waals surface area contributed by atoms with Crippen LogP contribution in [0.15, 0.2) is 0 Å². The summed E-state index contributed by atoms with van der Waals surface area (Å²) in [6, 6.07) is -0.115. The van der Waals surface area contributed by atoms with E-state index in [9.17, 15) is 4.79 Å². The van der Waals surface area contributed by atoms with Crippen molar-refractivity contribution in [2.24, 2.45) is 5.92 Å². The van der Waals surface area contributed by atoms with Gasteiger partial charge in [-0.2, -0.15) is 0 Å². The SMILES string of the molecule is CCOC(=O)C(COC1CCCCC1C)NC(C)C. The lowest BCUT2D eigenvalue weighted by molar-refractivity contribution is -0.148. The smallest absolute Gasteiger partial charge is 0.325 e. The van der Waals surface area contributed by atoms with E-state index in [1.165, 1.54) is 19.3 Å². The van der Waals surface area contributed by atoms with Crippen LogP contribution in [-0.4, -0.2) is 37.4 Å². The summed E-state index contributed by atoms with van der Waals surface area (Å²) in [7, 11) is 0. The molecule has 0 aromatic rings. The van der Waals surface area contributed by atoms with Gasteiger partial charge in [-0.3, -0.25) is 4.79 Å². The van der Waals surface area contributed by atoms with Gasteiger partial charge in [-0.1, -0.05) is 33.6 Å². The fourth-order valence-corrected chi connectivity index (χ4v) is 2.58. The Kier molecular flexibility index (Phi) is 7.39. The predicted octanol–water partition coefficient (Wildman–Crippen LogP) is 2.51. The second kappa shape index (κ2) is 8.54. The molecule has 4 heteroatoms. The number of esters is 1. The Bertz CT molecular complexity index is 268. The second-order valence-electron chi connectivity index (χ2n) is 5.76. The standard InChI is InChI=1S/C15H29NO3/c1-5-18-15(17)13(16-11(2)3)10-19-14-9-7-6-8-12(14)4/h11-14,16H,5-10H2,1-4H3. The molecular formula is C15H29NO3. The zero-order valence-corrected chi connectivity index (χ0v) is 12.8. The van der Waals surface area contributed by atoms with Crippen molar-refractivity contribution in [2.75, 3.05) is 13.2 Å². The highest BCUT2D eigenvalue weighted by molar-refractivity contribution is 5.75. The Balaban J connectivity index is 2.44. The second-order valence-corrected chi connectivity index (χ2v) is 5.76. The average Bonchev–Trinajstić information content (AvgIpc) is 2.36. The fraction of sp³-hybridized carbons (Fsp3) is 0.933. The van der Waals surface area contributed by atoms with E-state index in [-0.39, 0.29) is 18.1 Å². The van der Waals surface area contributed by atoms with Crippen molar-refractivity contribution >= 4 is 5.97 Å². The van der Waals surface area contributed by atoms with Gasteiger partial charge in [0.15, 0.2) is 0 Å². The number of carbonyl (C=O) groups is 1. The molecule has 4 nitrogen and oxygen atoms in total. The Morgan fingerprint density at radius 2 is 2.00 bits per heavy atom. The first kappa shape index (κ1) is 16.4. The van der Waals surface area contributed by atoms with E-state index in [1.807, 2.05) is 20.8 Å². The van der Waals surface area contributed by atoms with Crippen LogP contribution < -0.4 is 5.32 Å². The molecule has 0 amide bonds. The molecule has 0 spiro atoms. The lowest BCUT2D eigenvalue weighted by Gasteiger charge is -2.30. The van der Waals surface area contributed by atoms with Gasteiger partial charge in [0.1, 0.15) is 6.04 Å². The van der Waals surface area contributed by atoms with E-state index in [4.69, 9.17) is 9.47 Å². The lowest BCUT2D eigenvalue weighted by Crippen LogP contribution is -2.46. The molecule has 19 heavy (non-hydrogen) atoms. The highest BCUT2D eigenvalue weighted by Crippen LogP contribution is 2.26. The predicted molar refractivity (Wildman–Crippen MR) is 76.1 cm³/mol. The Morgan fingerprint density at radius 3 is 2.58 bits per heavy atom. The molecular weight excluding hydrogens is 242 g/mol. The van der Waals surface area contributed by atoms with E-state index in [0.717, 1.165) is 6.42 Å². The van der Waals surface area contributed by atoms with Crippen LogP contribution in [0.3, 0.4) is 0 Å². The first-order valence-electron chi connectivity index (χ1n) is 7.58. The molecule has 0 aromatic heterocycles. The molecule has 1 aliphatic rings. The van der Waals surface area contributed by atoms with E-state index >= 15 is 0 Å². The van der Waals surface area contributed by atoms with Crippen molar-refractivity contribution in [1.29, 1.82) is 0 Å². The first-order valence-corrected chi connectivity index (χ1v) is 7.58. The van der Waals surface area contributed by atoms with Gasteiger partial charge in [0.2, 0.25) is 0 Å². The molecule has 1 aliphatic carbocycles. The van der Waals surface area contributed by atoms with Gasteiger partial charge < -0.3 is 14.8 Å². The molecule has 1 saturated carbocycles. The van der Waals surface area contributed by atoms with E-state index in [0.29, 0.717) is 25.2 Å². The number of ether oxygens (including phenoxy) is 2. The monoisotopic (exact) mass is 271 g/mol. The zero-order valence-electron chi connectivity index (χ0n) is 12.8. The van der Waals surface area contributed by atoms with Crippen LogP contribution in [-0.2, 0) is 14.3 Å². The van der Waals surface area contributed by atoms with Crippen LogP contribution in [0.25, 0.3) is 0 Å². The third-order valence-corrected chi connectivity index (χ3v) is 3.62. The average molecular weight is 271 g/mol. The highest BCUT2D eigenvalue weighted by Gasteiger charge is 2.26. The number of rotatable bonds is 7. The lowest BCUT2D eigenvalue weighted by atomic mass is 9.88. The minimum absolute atomic E-state index is 0.209. The van der Waals surface area contributed by atoms with E-state index in [2.05, 4.69) is 12.2 Å². The van der Waals surface area contributed by atoms with E-state index < -0.39 is 0 Å². The van der Waals surface area contributed by atoms with Gasteiger partial charge in [0.05, 0.1) is 19.3 Å². The summed E-state index contributed by atoms with van der Waals surface area (Å²) in [5.41, 5.74) is 0. The maximum atomic E-state index is 11.9. The van der Waals surface area contributed by atoms with Crippen LogP contribution in [0.4, 0.5) is 0 Å². The van der Waals surface area contributed by atoms with Gasteiger partial charge in [-0.05, 0) is 25.7 Å². The quantitative estimate of drug-likeness (QED) is 0.723. The summed E-state index contributed by atoms with van der Waals surface area (Å²) < 4.78 is 11.1. The Hall–Kier alpha value is -0.610. The number of carbonyl (C=O) groups excluding carboxylic acids is 1. The minimum atomic E-state index is -0.353. The van der Waals surface area contributed by atoms with Crippen LogP contribution in [0, 0.1) is 5.92 Å². The summed E-state index contributed by atoms with van der Waals surface area (Å²) >= 11 is 0. The van der Waals surface area contributed by atoms with Crippen molar-refractivity contribution in [3.63, 3.8) is 0 Å². The molecule has 1 fully saturated rings. The summed E-state index contributed by atoms with van der Waals surface area (Å²) in [6.45, 7) is 8.93. The van der Waals surface area contributed by atoms with Gasteiger partial charge in [0, 0.05) is 6.04 Å². The van der Waals surface area contributed by atoms with Crippen molar-refractivity contribution in [3.05, 3.63) is 0 Å². The third kappa shape index (κ3) is 5.91. The third-order valence-electron chi connectivity index (χ3n) is 3.62. The van der Waals surface area contributed by atoms with Crippen LogP contribution in [0.2, 0.25) is 0 Å². The summed E-state index contributed by atoms with van der Waals surface area (Å²) in [5, 5.41) is 3.22. The van der Waals surface area contributed by atoms with Crippen LogP contribution in [0.5, 0.6) is 0 Å². The normalized spacial score (nSPS) is 25.3. The van der Waals surface area contributed by atoms with Crippen molar-refractivity contribution < 1.29 is 14.3 Å². The van der Waals surface area contributed by atoms with Gasteiger partial charge in [-0.15, -0.1) is 0 Å². The minimum Gasteiger partial charge on any atom is -0.465 e. The van der Waals surface area contributed by atoms with Gasteiger partial charge in [-0.25, -0.2) is 0 Å². The van der Waals surface area contributed by atoms with Crippen molar-refractivity contribution in [3.8, 4) is 0 Å². The topological polar surface area (TPSA) is 47.6 Å². The van der Waals surface area contributed by atoms with E-state index in [1.54, 1.807) is 0 Å². The number of hydrogen-bond donors (Lipinski definition) is 1. The number of hydrogen-bond acceptors (Lipinski definition) is 4. The molecule has 0 saturated heterocycles. The Morgan fingerprint density at radius 1 is 1.32 bits per heavy atom. The molecule has 0 aromatic carbocycles. The zero-order chi connectivity index (χ0) is 14.3.